The second-order valence-corrected chi connectivity index (χ2v) is 9.59. The van der Waals surface area contributed by atoms with Crippen LogP contribution in [0.5, 0.6) is 0 Å². The molecule has 0 bridgehead atoms. The van der Waals surface area contributed by atoms with Crippen molar-refractivity contribution >= 4 is 11.8 Å². The van der Waals surface area contributed by atoms with Crippen molar-refractivity contribution in [2.75, 3.05) is 25.4 Å². The number of alkyl halides is 3. The van der Waals surface area contributed by atoms with E-state index in [-0.39, 0.29) is 5.41 Å². The summed E-state index contributed by atoms with van der Waals surface area (Å²) in [6.07, 6.45) is -1.13. The number of pyridine rings is 1. The van der Waals surface area contributed by atoms with E-state index in [2.05, 4.69) is 25.1 Å². The van der Waals surface area contributed by atoms with Gasteiger partial charge in [-0.25, -0.2) is 9.97 Å². The Hall–Kier alpha value is -2.40. The van der Waals surface area contributed by atoms with E-state index >= 15 is 0 Å². The fraction of sp³-hybridized carbons (Fsp3) is 0.524. The molecule has 4 heterocycles. The number of oxazole rings is 1. The second kappa shape index (κ2) is 7.87. The van der Waals surface area contributed by atoms with E-state index in [1.54, 1.807) is 17.8 Å². The molecule has 5 rings (SSSR count). The summed E-state index contributed by atoms with van der Waals surface area (Å²) in [6.45, 7) is 4.45. The number of aryl methyl sites for hydroxylation is 1. The summed E-state index contributed by atoms with van der Waals surface area (Å²) in [7, 11) is 1.90. The number of hydrogen-bond donors (Lipinski definition) is 0. The summed E-state index contributed by atoms with van der Waals surface area (Å²) < 4.78 is 46.5. The maximum atomic E-state index is 13.0. The van der Waals surface area contributed by atoms with Crippen LogP contribution >= 0.6 is 11.8 Å². The Morgan fingerprint density at radius 3 is 2.88 bits per heavy atom. The van der Waals surface area contributed by atoms with E-state index in [9.17, 15) is 13.2 Å². The van der Waals surface area contributed by atoms with Crippen molar-refractivity contribution < 1.29 is 17.6 Å². The number of nitrogens with zero attached hydrogens (tertiary/aromatic N) is 6. The molecule has 1 aliphatic carbocycles. The highest BCUT2D eigenvalue weighted by atomic mass is 32.2. The molecule has 2 aliphatic rings. The number of halogens is 3. The summed E-state index contributed by atoms with van der Waals surface area (Å²) >= 11 is 1.63. The lowest BCUT2D eigenvalue weighted by atomic mass is 10.0. The Labute approximate surface area is 187 Å². The molecule has 2 atom stereocenters. The quantitative estimate of drug-likeness (QED) is 0.387. The highest BCUT2D eigenvalue weighted by Gasteiger charge is 2.61. The monoisotopic (exact) mass is 464 g/mol. The lowest BCUT2D eigenvalue weighted by Gasteiger charge is -2.21. The zero-order chi connectivity index (χ0) is 22.5. The summed E-state index contributed by atoms with van der Waals surface area (Å²) in [5, 5.41) is 9.28. The van der Waals surface area contributed by atoms with Gasteiger partial charge in [0.25, 0.3) is 0 Å². The minimum atomic E-state index is -4.40. The van der Waals surface area contributed by atoms with Gasteiger partial charge in [-0.15, -0.1) is 10.2 Å². The van der Waals surface area contributed by atoms with Gasteiger partial charge in [0.2, 0.25) is 5.82 Å². The van der Waals surface area contributed by atoms with Gasteiger partial charge in [-0.05, 0) is 44.4 Å². The lowest BCUT2D eigenvalue weighted by molar-refractivity contribution is -0.141. The van der Waals surface area contributed by atoms with Crippen LogP contribution in [0.2, 0.25) is 0 Å². The molecule has 3 aromatic heterocycles. The zero-order valence-electron chi connectivity index (χ0n) is 17.8. The van der Waals surface area contributed by atoms with E-state index in [1.807, 2.05) is 18.5 Å². The minimum Gasteiger partial charge on any atom is -0.440 e. The Balaban J connectivity index is 1.14. The third-order valence-electron chi connectivity index (χ3n) is 6.40. The van der Waals surface area contributed by atoms with Gasteiger partial charge in [0.15, 0.2) is 17.3 Å². The normalized spacial score (nSPS) is 23.0. The molecule has 32 heavy (non-hydrogen) atoms. The Morgan fingerprint density at radius 1 is 1.28 bits per heavy atom. The molecule has 1 saturated carbocycles. The van der Waals surface area contributed by atoms with E-state index in [0.717, 1.165) is 55.1 Å². The first-order valence-corrected chi connectivity index (χ1v) is 11.5. The van der Waals surface area contributed by atoms with Gasteiger partial charge in [-0.3, -0.25) is 0 Å². The topological polar surface area (TPSA) is 72.9 Å². The van der Waals surface area contributed by atoms with Gasteiger partial charge in [0, 0.05) is 37.0 Å². The van der Waals surface area contributed by atoms with Crippen LogP contribution in [-0.4, -0.2) is 55.0 Å². The van der Waals surface area contributed by atoms with Gasteiger partial charge < -0.3 is 13.9 Å². The number of hydrogen-bond acceptors (Lipinski definition) is 7. The maximum Gasteiger partial charge on any atom is 0.433 e. The Kier molecular flexibility index (Phi) is 5.28. The number of thioether (sulfide) groups is 1. The number of fused-ring (bicyclic) bond motifs is 1. The predicted molar refractivity (Wildman–Crippen MR) is 112 cm³/mol. The van der Waals surface area contributed by atoms with Gasteiger partial charge in [0.05, 0.1) is 5.69 Å². The number of aromatic nitrogens is 5. The molecule has 0 aromatic carbocycles. The third-order valence-corrected chi connectivity index (χ3v) is 7.51. The van der Waals surface area contributed by atoms with Crippen molar-refractivity contribution in [1.29, 1.82) is 0 Å². The van der Waals surface area contributed by atoms with Crippen LogP contribution < -0.4 is 0 Å². The number of rotatable bonds is 7. The smallest absolute Gasteiger partial charge is 0.433 e. The molecule has 0 unspecified atom stereocenters. The number of likely N-dealkylation sites (tertiary alicyclic amines) is 1. The first-order chi connectivity index (χ1) is 15.3. The Bertz CT molecular complexity index is 1130. The van der Waals surface area contributed by atoms with E-state index < -0.39 is 11.9 Å². The first-order valence-electron chi connectivity index (χ1n) is 10.5. The molecule has 11 heteroatoms. The summed E-state index contributed by atoms with van der Waals surface area (Å²) in [4.78, 5) is 10.4. The van der Waals surface area contributed by atoms with Crippen LogP contribution in [0.4, 0.5) is 13.2 Å². The van der Waals surface area contributed by atoms with E-state index in [1.165, 1.54) is 12.5 Å². The standard InChI is InChI=1S/C21H23F3N6OS/c1-13-17(31-12-25-13)18-27-28-19(29(18)2)32-8-4-7-30-10-14-9-20(14,11-30)15-5-3-6-16(26-15)21(22,23)24/h3,5-6,12,14H,4,7-11H2,1-2H3/t14-,20-/m1/s1. The predicted octanol–water partition coefficient (Wildman–Crippen LogP) is 3.95. The fourth-order valence-corrected chi connectivity index (χ4v) is 5.47. The summed E-state index contributed by atoms with van der Waals surface area (Å²) in [6, 6.07) is 4.27. The molecule has 0 N–H and O–H groups in total. The second-order valence-electron chi connectivity index (χ2n) is 8.53. The molecule has 3 aromatic rings. The molecule has 1 saturated heterocycles. The van der Waals surface area contributed by atoms with E-state index in [4.69, 9.17) is 4.42 Å². The average Bonchev–Trinajstić information content (AvgIpc) is 3.05. The molecule has 2 fully saturated rings. The van der Waals surface area contributed by atoms with Crippen LogP contribution in [0.25, 0.3) is 11.6 Å². The van der Waals surface area contributed by atoms with Crippen molar-refractivity contribution in [3.8, 4) is 11.6 Å². The van der Waals surface area contributed by atoms with Crippen LogP contribution in [0.1, 0.15) is 29.9 Å². The van der Waals surface area contributed by atoms with Gasteiger partial charge in [-0.1, -0.05) is 17.8 Å². The van der Waals surface area contributed by atoms with Crippen molar-refractivity contribution in [2.24, 2.45) is 13.0 Å². The van der Waals surface area contributed by atoms with Gasteiger partial charge in [-0.2, -0.15) is 13.2 Å². The molecule has 0 radical (unpaired) electrons. The number of piperidine rings is 1. The molecular weight excluding hydrogens is 441 g/mol. The van der Waals surface area contributed by atoms with Gasteiger partial charge in [0.1, 0.15) is 5.69 Å². The maximum absolute atomic E-state index is 13.0. The highest BCUT2D eigenvalue weighted by Crippen LogP contribution is 2.58. The van der Waals surface area contributed by atoms with Crippen LogP contribution in [-0.2, 0) is 18.6 Å². The summed E-state index contributed by atoms with van der Waals surface area (Å²) in [5.74, 6) is 2.55. The molecule has 1 aliphatic heterocycles. The molecule has 0 spiro atoms. The van der Waals surface area contributed by atoms with Crippen molar-refractivity contribution in [3.63, 3.8) is 0 Å². The van der Waals surface area contributed by atoms with E-state index in [0.29, 0.717) is 23.2 Å². The molecule has 7 nitrogen and oxygen atoms in total. The SMILES string of the molecule is Cc1ncoc1-c1nnc(SCCCN2C[C@H]3C[C@@]3(c3cccc(C(F)(F)F)n3)C2)n1C. The zero-order valence-corrected chi connectivity index (χ0v) is 18.6. The summed E-state index contributed by atoms with van der Waals surface area (Å²) in [5.41, 5.74) is 0.354. The van der Waals surface area contributed by atoms with Gasteiger partial charge >= 0.3 is 6.18 Å². The molecule has 170 valence electrons. The minimum absolute atomic E-state index is 0.207. The van der Waals surface area contributed by atoms with Crippen LogP contribution in [0.15, 0.2) is 34.2 Å². The molecule has 0 amide bonds. The van der Waals surface area contributed by atoms with Crippen molar-refractivity contribution in [3.05, 3.63) is 41.7 Å². The Morgan fingerprint density at radius 2 is 2.12 bits per heavy atom. The fourth-order valence-electron chi connectivity index (χ4n) is 4.63. The van der Waals surface area contributed by atoms with Crippen LogP contribution in [0.3, 0.4) is 0 Å². The first kappa shape index (κ1) is 21.4. The third kappa shape index (κ3) is 3.81. The van der Waals surface area contributed by atoms with Crippen molar-refractivity contribution in [1.82, 2.24) is 29.6 Å². The highest BCUT2D eigenvalue weighted by molar-refractivity contribution is 7.99. The van der Waals surface area contributed by atoms with Crippen molar-refractivity contribution in [2.45, 2.75) is 36.5 Å². The molecular formula is C21H23F3N6OS. The average molecular weight is 465 g/mol. The lowest BCUT2D eigenvalue weighted by Crippen LogP contribution is -2.28. The largest absolute Gasteiger partial charge is 0.440 e. The van der Waals surface area contributed by atoms with Crippen LogP contribution in [0, 0.1) is 12.8 Å².